The van der Waals surface area contributed by atoms with Crippen LogP contribution in [0, 0.1) is 0 Å². The summed E-state index contributed by atoms with van der Waals surface area (Å²) in [5, 5.41) is 0. The lowest BCUT2D eigenvalue weighted by molar-refractivity contribution is 0.891. The van der Waals surface area contributed by atoms with Crippen LogP contribution in [-0.2, 0) is 6.42 Å². The Balaban J connectivity index is 2.08. The van der Waals surface area contributed by atoms with Gasteiger partial charge in [0.25, 0.3) is 0 Å². The molecule has 0 aliphatic rings. The van der Waals surface area contributed by atoms with Crippen LogP contribution < -0.4 is 0 Å². The fraction of sp³-hybridized carbons (Fsp3) is 0.167. The summed E-state index contributed by atoms with van der Waals surface area (Å²) < 4.78 is 0. The minimum atomic E-state index is 0.301. The highest BCUT2D eigenvalue weighted by Gasteiger charge is 2.08. The van der Waals surface area contributed by atoms with E-state index in [1.54, 1.807) is 18.6 Å². The minimum absolute atomic E-state index is 0.301. The summed E-state index contributed by atoms with van der Waals surface area (Å²) in [5.74, 6) is 0. The SMILES string of the molecule is BrC(Cc1cnccn1)c1ccccc1. The van der Waals surface area contributed by atoms with Crippen molar-refractivity contribution >= 4 is 15.9 Å². The van der Waals surface area contributed by atoms with E-state index < -0.39 is 0 Å². The van der Waals surface area contributed by atoms with Gasteiger partial charge in [0.1, 0.15) is 0 Å². The van der Waals surface area contributed by atoms with Gasteiger partial charge in [-0.05, 0) is 5.56 Å². The predicted molar refractivity (Wildman–Crippen MR) is 63.8 cm³/mol. The average molecular weight is 263 g/mol. The minimum Gasteiger partial charge on any atom is -0.261 e. The van der Waals surface area contributed by atoms with Crippen LogP contribution in [0.1, 0.15) is 16.1 Å². The molecule has 15 heavy (non-hydrogen) atoms. The number of halogens is 1. The lowest BCUT2D eigenvalue weighted by Gasteiger charge is -2.08. The van der Waals surface area contributed by atoms with Crippen LogP contribution in [0.4, 0.5) is 0 Å². The van der Waals surface area contributed by atoms with E-state index in [-0.39, 0.29) is 0 Å². The van der Waals surface area contributed by atoms with E-state index in [2.05, 4.69) is 38.0 Å². The van der Waals surface area contributed by atoms with Gasteiger partial charge >= 0.3 is 0 Å². The van der Waals surface area contributed by atoms with Gasteiger partial charge in [0.15, 0.2) is 0 Å². The smallest absolute Gasteiger partial charge is 0.0601 e. The zero-order valence-corrected chi connectivity index (χ0v) is 9.76. The Kier molecular flexibility index (Phi) is 3.45. The van der Waals surface area contributed by atoms with Crippen molar-refractivity contribution in [3.63, 3.8) is 0 Å². The van der Waals surface area contributed by atoms with Crippen molar-refractivity contribution in [3.8, 4) is 0 Å². The van der Waals surface area contributed by atoms with Crippen LogP contribution in [0.15, 0.2) is 48.9 Å². The van der Waals surface area contributed by atoms with Crippen LogP contribution in [0.2, 0.25) is 0 Å². The molecule has 1 unspecified atom stereocenters. The number of aromatic nitrogens is 2. The third kappa shape index (κ3) is 2.86. The van der Waals surface area contributed by atoms with Crippen molar-refractivity contribution in [1.82, 2.24) is 9.97 Å². The molecule has 0 spiro atoms. The summed E-state index contributed by atoms with van der Waals surface area (Å²) in [6.45, 7) is 0. The summed E-state index contributed by atoms with van der Waals surface area (Å²) in [6.07, 6.45) is 6.07. The van der Waals surface area contributed by atoms with Gasteiger partial charge in [-0.3, -0.25) is 9.97 Å². The summed E-state index contributed by atoms with van der Waals surface area (Å²) in [5.41, 5.74) is 2.27. The molecule has 1 aromatic carbocycles. The highest BCUT2D eigenvalue weighted by molar-refractivity contribution is 9.09. The summed E-state index contributed by atoms with van der Waals surface area (Å²) in [4.78, 5) is 8.60. The maximum absolute atomic E-state index is 4.25. The Hall–Kier alpha value is -1.22. The molecule has 1 atom stereocenters. The van der Waals surface area contributed by atoms with E-state index in [1.807, 2.05) is 18.2 Å². The maximum Gasteiger partial charge on any atom is 0.0601 e. The molecule has 0 amide bonds. The van der Waals surface area contributed by atoms with Crippen LogP contribution in [0.3, 0.4) is 0 Å². The molecule has 0 aliphatic heterocycles. The molecule has 1 aromatic heterocycles. The number of nitrogens with zero attached hydrogens (tertiary/aromatic N) is 2. The quantitative estimate of drug-likeness (QED) is 0.795. The molecular formula is C12H11BrN2. The van der Waals surface area contributed by atoms with E-state index in [4.69, 9.17) is 0 Å². The Morgan fingerprint density at radius 3 is 2.60 bits per heavy atom. The van der Waals surface area contributed by atoms with Crippen molar-refractivity contribution in [3.05, 3.63) is 60.2 Å². The Morgan fingerprint density at radius 1 is 1.13 bits per heavy atom. The number of hydrogen-bond acceptors (Lipinski definition) is 2. The van der Waals surface area contributed by atoms with E-state index in [0.29, 0.717) is 4.83 Å². The first-order valence-corrected chi connectivity index (χ1v) is 5.72. The first kappa shape index (κ1) is 10.3. The van der Waals surface area contributed by atoms with Gasteiger partial charge in [-0.15, -0.1) is 0 Å². The monoisotopic (exact) mass is 262 g/mol. The highest BCUT2D eigenvalue weighted by Crippen LogP contribution is 2.25. The van der Waals surface area contributed by atoms with Crippen LogP contribution in [0.25, 0.3) is 0 Å². The molecule has 0 radical (unpaired) electrons. The lowest BCUT2D eigenvalue weighted by atomic mass is 10.1. The summed E-state index contributed by atoms with van der Waals surface area (Å²) >= 11 is 3.65. The van der Waals surface area contributed by atoms with Crippen LogP contribution in [-0.4, -0.2) is 9.97 Å². The number of alkyl halides is 1. The van der Waals surface area contributed by atoms with E-state index in [9.17, 15) is 0 Å². The number of hydrogen-bond donors (Lipinski definition) is 0. The highest BCUT2D eigenvalue weighted by atomic mass is 79.9. The maximum atomic E-state index is 4.25. The molecule has 2 nitrogen and oxygen atoms in total. The molecule has 0 aliphatic carbocycles. The van der Waals surface area contributed by atoms with Crippen molar-refractivity contribution in [2.24, 2.45) is 0 Å². The molecule has 76 valence electrons. The topological polar surface area (TPSA) is 25.8 Å². The van der Waals surface area contributed by atoms with Gasteiger partial charge in [-0.25, -0.2) is 0 Å². The summed E-state index contributed by atoms with van der Waals surface area (Å²) in [7, 11) is 0. The van der Waals surface area contributed by atoms with Crippen LogP contribution in [0.5, 0.6) is 0 Å². The third-order valence-corrected chi connectivity index (χ3v) is 3.02. The van der Waals surface area contributed by atoms with Gasteiger partial charge in [0, 0.05) is 29.8 Å². The van der Waals surface area contributed by atoms with Crippen LogP contribution >= 0.6 is 15.9 Å². The number of rotatable bonds is 3. The summed E-state index contributed by atoms with van der Waals surface area (Å²) in [6, 6.07) is 10.3. The third-order valence-electron chi connectivity index (χ3n) is 2.17. The zero-order valence-electron chi connectivity index (χ0n) is 8.18. The molecule has 0 saturated carbocycles. The Bertz CT molecular complexity index is 402. The molecule has 0 saturated heterocycles. The second-order valence-corrected chi connectivity index (χ2v) is 4.38. The number of benzene rings is 1. The predicted octanol–water partition coefficient (Wildman–Crippen LogP) is 3.16. The first-order chi connectivity index (χ1) is 7.36. The standard InChI is InChI=1S/C12H11BrN2/c13-12(10-4-2-1-3-5-10)8-11-9-14-6-7-15-11/h1-7,9,12H,8H2. The van der Waals surface area contributed by atoms with Gasteiger partial charge < -0.3 is 0 Å². The fourth-order valence-electron chi connectivity index (χ4n) is 1.40. The first-order valence-electron chi connectivity index (χ1n) is 4.80. The molecule has 2 rings (SSSR count). The lowest BCUT2D eigenvalue weighted by Crippen LogP contribution is -1.97. The Labute approximate surface area is 97.5 Å². The largest absolute Gasteiger partial charge is 0.261 e. The second-order valence-electron chi connectivity index (χ2n) is 3.28. The fourth-order valence-corrected chi connectivity index (χ4v) is 2.04. The normalized spacial score (nSPS) is 12.3. The van der Waals surface area contributed by atoms with Gasteiger partial charge in [-0.2, -0.15) is 0 Å². The molecule has 2 aromatic rings. The van der Waals surface area contributed by atoms with Gasteiger partial charge in [-0.1, -0.05) is 46.3 Å². The van der Waals surface area contributed by atoms with Gasteiger partial charge in [0.05, 0.1) is 5.69 Å². The van der Waals surface area contributed by atoms with Crippen molar-refractivity contribution < 1.29 is 0 Å². The zero-order chi connectivity index (χ0) is 10.5. The molecular weight excluding hydrogens is 252 g/mol. The molecule has 0 N–H and O–H groups in total. The molecule has 1 heterocycles. The van der Waals surface area contributed by atoms with Crippen molar-refractivity contribution in [2.75, 3.05) is 0 Å². The van der Waals surface area contributed by atoms with E-state index in [0.717, 1.165) is 12.1 Å². The van der Waals surface area contributed by atoms with Crippen molar-refractivity contribution in [1.29, 1.82) is 0 Å². The molecule has 0 bridgehead atoms. The Morgan fingerprint density at radius 2 is 1.93 bits per heavy atom. The molecule has 3 heteroatoms. The molecule has 0 fully saturated rings. The van der Waals surface area contributed by atoms with E-state index >= 15 is 0 Å². The second kappa shape index (κ2) is 5.03. The van der Waals surface area contributed by atoms with Gasteiger partial charge in [0.2, 0.25) is 0 Å². The van der Waals surface area contributed by atoms with Crippen molar-refractivity contribution in [2.45, 2.75) is 11.2 Å². The average Bonchev–Trinajstić information content (AvgIpc) is 2.31. The van der Waals surface area contributed by atoms with E-state index in [1.165, 1.54) is 5.56 Å².